The van der Waals surface area contributed by atoms with Crippen LogP contribution < -0.4 is 5.56 Å². The van der Waals surface area contributed by atoms with E-state index in [2.05, 4.69) is 0 Å². The lowest BCUT2D eigenvalue weighted by atomic mass is 10.1. The first-order chi connectivity index (χ1) is 12.1. The molecule has 1 aliphatic heterocycles. The summed E-state index contributed by atoms with van der Waals surface area (Å²) in [5, 5.41) is 0.523. The predicted molar refractivity (Wildman–Crippen MR) is 97.8 cm³/mol. The highest BCUT2D eigenvalue weighted by Gasteiger charge is 2.33. The summed E-state index contributed by atoms with van der Waals surface area (Å²) in [5.74, 6) is 0.385. The zero-order valence-corrected chi connectivity index (χ0v) is 14.0. The number of likely N-dealkylation sites (N-methyl/N-ethyl adjacent to an activating group) is 1. The molecule has 0 unspecified atom stereocenters. The van der Waals surface area contributed by atoms with Gasteiger partial charge in [0.15, 0.2) is 5.82 Å². The fourth-order valence-corrected chi connectivity index (χ4v) is 3.21. The van der Waals surface area contributed by atoms with Crippen molar-refractivity contribution < 1.29 is 4.79 Å². The first-order valence-electron chi connectivity index (χ1n) is 8.14. The lowest BCUT2D eigenvalue weighted by molar-refractivity contribution is -0.130. The van der Waals surface area contributed by atoms with Crippen molar-refractivity contribution in [2.75, 3.05) is 7.05 Å². The topological polar surface area (TPSA) is 55.2 Å². The van der Waals surface area contributed by atoms with Crippen LogP contribution in [-0.4, -0.2) is 27.4 Å². The molecule has 0 saturated carbocycles. The van der Waals surface area contributed by atoms with Gasteiger partial charge in [0, 0.05) is 7.05 Å². The van der Waals surface area contributed by atoms with Crippen LogP contribution in [0.4, 0.5) is 0 Å². The number of para-hydroxylation sites is 1. The molecule has 0 saturated heterocycles. The van der Waals surface area contributed by atoms with E-state index < -0.39 is 6.04 Å². The van der Waals surface area contributed by atoms with Crippen LogP contribution in [0.15, 0.2) is 59.4 Å². The number of rotatable bonds is 1. The molecule has 5 heteroatoms. The molecule has 0 aliphatic carbocycles. The van der Waals surface area contributed by atoms with Crippen molar-refractivity contribution in [2.24, 2.45) is 0 Å². The molecule has 3 aromatic rings. The highest BCUT2D eigenvalue weighted by Crippen LogP contribution is 2.29. The molecule has 2 aromatic carbocycles. The SMILES string of the molecule is C[C@H]1C(=O)N(C)/C(=C/c2ccccc2)c2nc3ccccc3c(=O)n21. The molecule has 124 valence electrons. The molecule has 0 spiro atoms. The van der Waals surface area contributed by atoms with E-state index in [1.54, 1.807) is 31.0 Å². The van der Waals surface area contributed by atoms with Crippen molar-refractivity contribution in [3.05, 3.63) is 76.3 Å². The van der Waals surface area contributed by atoms with Gasteiger partial charge in [-0.25, -0.2) is 4.98 Å². The van der Waals surface area contributed by atoms with Crippen molar-refractivity contribution in [1.29, 1.82) is 0 Å². The van der Waals surface area contributed by atoms with Gasteiger partial charge in [-0.1, -0.05) is 42.5 Å². The maximum absolute atomic E-state index is 13.0. The number of fused-ring (bicyclic) bond motifs is 2. The predicted octanol–water partition coefficient (Wildman–Crippen LogP) is 2.93. The highest BCUT2D eigenvalue weighted by atomic mass is 16.2. The van der Waals surface area contributed by atoms with Crippen LogP contribution in [0, 0.1) is 0 Å². The first-order valence-corrected chi connectivity index (χ1v) is 8.14. The van der Waals surface area contributed by atoms with E-state index in [9.17, 15) is 9.59 Å². The van der Waals surface area contributed by atoms with Crippen LogP contribution in [0.25, 0.3) is 22.7 Å². The molecule has 0 radical (unpaired) electrons. The van der Waals surface area contributed by atoms with E-state index in [1.165, 1.54) is 4.57 Å². The summed E-state index contributed by atoms with van der Waals surface area (Å²) in [6, 6.07) is 16.3. The molecule has 2 heterocycles. The molecule has 4 rings (SSSR count). The number of hydrogen-bond acceptors (Lipinski definition) is 3. The number of benzene rings is 2. The van der Waals surface area contributed by atoms with Crippen molar-refractivity contribution in [1.82, 2.24) is 14.5 Å². The molecule has 1 atom stereocenters. The molecular weight excluding hydrogens is 314 g/mol. The molecule has 5 nitrogen and oxygen atoms in total. The van der Waals surface area contributed by atoms with Crippen LogP contribution >= 0.6 is 0 Å². The molecule has 0 N–H and O–H groups in total. The third-order valence-electron chi connectivity index (χ3n) is 4.58. The van der Waals surface area contributed by atoms with Crippen molar-refractivity contribution in [2.45, 2.75) is 13.0 Å². The van der Waals surface area contributed by atoms with Gasteiger partial charge in [0.05, 0.1) is 16.6 Å². The summed E-state index contributed by atoms with van der Waals surface area (Å²) in [5.41, 5.74) is 2.01. The monoisotopic (exact) mass is 331 g/mol. The summed E-state index contributed by atoms with van der Waals surface area (Å²) in [4.78, 5) is 31.9. The Balaban J connectivity index is 2.06. The maximum atomic E-state index is 13.0. The second-order valence-corrected chi connectivity index (χ2v) is 6.14. The number of hydrogen-bond donors (Lipinski definition) is 0. The van der Waals surface area contributed by atoms with Gasteiger partial charge in [-0.05, 0) is 30.7 Å². The Labute approximate surface area is 144 Å². The summed E-state index contributed by atoms with van der Waals surface area (Å²) < 4.78 is 1.50. The third-order valence-corrected chi connectivity index (χ3v) is 4.58. The molecule has 1 aliphatic rings. The minimum absolute atomic E-state index is 0.131. The van der Waals surface area contributed by atoms with Gasteiger partial charge in [0.25, 0.3) is 5.56 Å². The van der Waals surface area contributed by atoms with E-state index in [0.29, 0.717) is 22.4 Å². The number of carbonyl (C=O) groups is 1. The number of amides is 1. The maximum Gasteiger partial charge on any atom is 0.262 e. The van der Waals surface area contributed by atoms with Crippen LogP contribution in [0.5, 0.6) is 0 Å². The Morgan fingerprint density at radius 2 is 1.68 bits per heavy atom. The number of nitrogens with zero attached hydrogens (tertiary/aromatic N) is 3. The number of aromatic nitrogens is 2. The Hall–Kier alpha value is -3.21. The van der Waals surface area contributed by atoms with Gasteiger partial charge in [-0.2, -0.15) is 0 Å². The Kier molecular flexibility index (Phi) is 3.50. The molecule has 1 aromatic heterocycles. The van der Waals surface area contributed by atoms with E-state index >= 15 is 0 Å². The quantitative estimate of drug-likeness (QED) is 0.689. The Morgan fingerprint density at radius 1 is 1.00 bits per heavy atom. The van der Waals surface area contributed by atoms with Gasteiger partial charge in [0.1, 0.15) is 6.04 Å². The highest BCUT2D eigenvalue weighted by molar-refractivity contribution is 5.96. The minimum Gasteiger partial charge on any atom is -0.310 e. The van der Waals surface area contributed by atoms with E-state index in [1.807, 2.05) is 48.5 Å². The van der Waals surface area contributed by atoms with Crippen LogP contribution in [0.2, 0.25) is 0 Å². The summed E-state index contributed by atoms with van der Waals surface area (Å²) in [7, 11) is 1.72. The second kappa shape index (κ2) is 5.70. The lowest BCUT2D eigenvalue weighted by Gasteiger charge is -2.32. The lowest BCUT2D eigenvalue weighted by Crippen LogP contribution is -2.44. The van der Waals surface area contributed by atoms with Crippen molar-refractivity contribution in [3.8, 4) is 0 Å². The average Bonchev–Trinajstić information content (AvgIpc) is 2.64. The summed E-state index contributed by atoms with van der Waals surface area (Å²) in [6.07, 6.45) is 1.89. The number of carbonyl (C=O) groups excluding carboxylic acids is 1. The van der Waals surface area contributed by atoms with Gasteiger partial charge in [0.2, 0.25) is 5.91 Å². The average molecular weight is 331 g/mol. The van der Waals surface area contributed by atoms with Gasteiger partial charge >= 0.3 is 0 Å². The molecule has 1 amide bonds. The van der Waals surface area contributed by atoms with Crippen LogP contribution in [-0.2, 0) is 4.79 Å². The van der Waals surface area contributed by atoms with E-state index in [0.717, 1.165) is 5.56 Å². The normalized spacial score (nSPS) is 18.6. The fraction of sp³-hybridized carbons (Fsp3) is 0.150. The third kappa shape index (κ3) is 2.36. The van der Waals surface area contributed by atoms with Gasteiger partial charge in [-0.15, -0.1) is 0 Å². The summed E-state index contributed by atoms with van der Waals surface area (Å²) in [6.45, 7) is 1.74. The molecule has 25 heavy (non-hydrogen) atoms. The largest absolute Gasteiger partial charge is 0.310 e. The fourth-order valence-electron chi connectivity index (χ4n) is 3.21. The Bertz CT molecular complexity index is 1070. The zero-order chi connectivity index (χ0) is 17.6. The second-order valence-electron chi connectivity index (χ2n) is 6.14. The van der Waals surface area contributed by atoms with Gasteiger partial charge < -0.3 is 4.90 Å². The molecule has 0 bridgehead atoms. The van der Waals surface area contributed by atoms with Crippen molar-refractivity contribution in [3.63, 3.8) is 0 Å². The standard InChI is InChI=1S/C20H17N3O2/c1-13-19(24)22(2)17(12-14-8-4-3-5-9-14)18-21-16-11-7-6-10-15(16)20(25)23(13)18/h3-13H,1-2H3/b17-12+/t13-/m0/s1. The summed E-state index contributed by atoms with van der Waals surface area (Å²) >= 11 is 0. The first kappa shape index (κ1) is 15.3. The Morgan fingerprint density at radius 3 is 2.44 bits per heavy atom. The molecular formula is C20H17N3O2. The van der Waals surface area contributed by atoms with Crippen LogP contribution in [0.3, 0.4) is 0 Å². The van der Waals surface area contributed by atoms with Crippen LogP contribution in [0.1, 0.15) is 24.4 Å². The smallest absolute Gasteiger partial charge is 0.262 e. The van der Waals surface area contributed by atoms with E-state index in [4.69, 9.17) is 4.98 Å². The molecule has 0 fully saturated rings. The minimum atomic E-state index is -0.586. The van der Waals surface area contributed by atoms with Crippen molar-refractivity contribution >= 4 is 28.6 Å². The zero-order valence-electron chi connectivity index (χ0n) is 14.0. The van der Waals surface area contributed by atoms with Gasteiger partial charge in [-0.3, -0.25) is 14.2 Å². The van der Waals surface area contributed by atoms with E-state index in [-0.39, 0.29) is 11.5 Å².